The predicted octanol–water partition coefficient (Wildman–Crippen LogP) is 10.3. The van der Waals surface area contributed by atoms with E-state index in [0.717, 1.165) is 28.1 Å². The lowest BCUT2D eigenvalue weighted by Crippen LogP contribution is -2.25. The topological polar surface area (TPSA) is 17.8 Å². The molecule has 8 aromatic rings. The molecule has 3 heteroatoms. The van der Waals surface area contributed by atoms with Gasteiger partial charge in [0.2, 0.25) is 0 Å². The molecule has 0 fully saturated rings. The molecule has 43 heavy (non-hydrogen) atoms. The van der Waals surface area contributed by atoms with E-state index in [-0.39, 0.29) is 0 Å². The van der Waals surface area contributed by atoms with Gasteiger partial charge in [-0.2, -0.15) is 0 Å². The number of benzene rings is 6. The molecule has 0 aliphatic heterocycles. The van der Waals surface area contributed by atoms with E-state index in [2.05, 4.69) is 150 Å². The van der Waals surface area contributed by atoms with Crippen molar-refractivity contribution in [3.63, 3.8) is 0 Å². The van der Waals surface area contributed by atoms with Gasteiger partial charge in [-0.25, -0.2) is 4.98 Å². The minimum Gasteiger partial charge on any atom is -0.292 e. The molecule has 1 unspecified atom stereocenters. The maximum absolute atomic E-state index is 5.24. The summed E-state index contributed by atoms with van der Waals surface area (Å²) in [5, 5.41) is 1.35. The fourth-order valence-corrected chi connectivity index (χ4v) is 9.09. The molecule has 2 aliphatic carbocycles. The van der Waals surface area contributed by atoms with Crippen LogP contribution in [0.25, 0.3) is 59.8 Å². The van der Waals surface area contributed by atoms with Crippen molar-refractivity contribution in [2.75, 3.05) is 0 Å². The first-order valence-corrected chi connectivity index (χ1v) is 15.6. The molecule has 0 saturated carbocycles. The molecule has 6 aromatic carbocycles. The molecule has 0 radical (unpaired) electrons. The summed E-state index contributed by atoms with van der Waals surface area (Å²) in [7, 11) is 0. The van der Waals surface area contributed by atoms with Crippen molar-refractivity contribution in [2.45, 2.75) is 5.41 Å². The molecule has 2 nitrogen and oxygen atoms in total. The summed E-state index contributed by atoms with van der Waals surface area (Å²) < 4.78 is 3.65. The zero-order chi connectivity index (χ0) is 28.1. The lowest BCUT2D eigenvalue weighted by molar-refractivity contribution is 0.802. The van der Waals surface area contributed by atoms with E-state index in [1.807, 2.05) is 11.3 Å². The number of fused-ring (bicyclic) bond motifs is 13. The fourth-order valence-electron chi connectivity index (χ4n) is 7.79. The molecule has 1 atom stereocenters. The van der Waals surface area contributed by atoms with Crippen LogP contribution < -0.4 is 0 Å². The van der Waals surface area contributed by atoms with Crippen LogP contribution in [-0.2, 0) is 5.41 Å². The van der Waals surface area contributed by atoms with E-state index in [1.165, 1.54) is 53.9 Å². The summed E-state index contributed by atoms with van der Waals surface area (Å²) in [6, 6.07) is 53.1. The van der Waals surface area contributed by atoms with Gasteiger partial charge >= 0.3 is 0 Å². The molecule has 2 aromatic heterocycles. The van der Waals surface area contributed by atoms with Gasteiger partial charge in [0.15, 0.2) is 0 Å². The number of rotatable bonds is 2. The predicted molar refractivity (Wildman–Crippen MR) is 178 cm³/mol. The quantitative estimate of drug-likeness (QED) is 0.204. The van der Waals surface area contributed by atoms with Crippen molar-refractivity contribution >= 4 is 32.5 Å². The lowest BCUT2D eigenvalue weighted by Gasteiger charge is -2.30. The number of hydrogen-bond donors (Lipinski definition) is 0. The Morgan fingerprint density at radius 2 is 1.23 bits per heavy atom. The second kappa shape index (κ2) is 8.41. The Morgan fingerprint density at radius 3 is 2.12 bits per heavy atom. The highest BCUT2D eigenvalue weighted by atomic mass is 32.1. The van der Waals surface area contributed by atoms with Gasteiger partial charge in [-0.3, -0.25) is 4.57 Å². The fraction of sp³-hybridized carbons (Fsp3) is 0.0250. The minimum absolute atomic E-state index is 0.392. The van der Waals surface area contributed by atoms with Crippen LogP contribution in [-0.4, -0.2) is 9.55 Å². The van der Waals surface area contributed by atoms with E-state index in [9.17, 15) is 0 Å². The molecule has 0 saturated heterocycles. The first-order valence-electron chi connectivity index (χ1n) is 14.7. The van der Waals surface area contributed by atoms with Crippen LogP contribution in [0.3, 0.4) is 0 Å². The summed E-state index contributed by atoms with van der Waals surface area (Å²) in [4.78, 5) is 6.63. The summed E-state index contributed by atoms with van der Waals surface area (Å²) in [5.41, 5.74) is 13.4. The minimum atomic E-state index is -0.392. The average molecular weight is 565 g/mol. The molecular formula is C40H24N2S. The van der Waals surface area contributed by atoms with Crippen molar-refractivity contribution in [3.05, 3.63) is 168 Å². The molecule has 0 amide bonds. The van der Waals surface area contributed by atoms with Gasteiger partial charge in [-0.1, -0.05) is 109 Å². The van der Waals surface area contributed by atoms with Crippen molar-refractivity contribution in [1.29, 1.82) is 0 Å². The third-order valence-electron chi connectivity index (χ3n) is 9.42. The standard InChI is InChI=1S/C40H24N2S/c1-2-12-26(13-3-1)42-35-20-10-9-19-34(35)41-39(42)25-22-23-28-27-14-4-7-17-31(27)40(33(28)24-25)32-18-8-5-15-29(32)38-37(40)30-16-6-11-21-36(30)43-38/h1-24H. The number of para-hydroxylation sites is 3. The van der Waals surface area contributed by atoms with Crippen molar-refractivity contribution in [1.82, 2.24) is 9.55 Å². The van der Waals surface area contributed by atoms with Crippen molar-refractivity contribution in [3.8, 4) is 38.6 Å². The summed E-state index contributed by atoms with van der Waals surface area (Å²) >= 11 is 1.93. The van der Waals surface area contributed by atoms with Crippen LogP contribution in [0, 0.1) is 0 Å². The number of hydrogen-bond acceptors (Lipinski definition) is 2. The smallest absolute Gasteiger partial charge is 0.145 e. The highest BCUT2D eigenvalue weighted by Crippen LogP contribution is 2.66. The van der Waals surface area contributed by atoms with Crippen LogP contribution in [0.4, 0.5) is 0 Å². The van der Waals surface area contributed by atoms with Crippen molar-refractivity contribution < 1.29 is 0 Å². The molecule has 0 bridgehead atoms. The first-order chi connectivity index (χ1) is 21.3. The first kappa shape index (κ1) is 23.3. The summed E-state index contributed by atoms with van der Waals surface area (Å²) in [5.74, 6) is 0.961. The second-order valence-corrected chi connectivity index (χ2v) is 12.6. The zero-order valence-electron chi connectivity index (χ0n) is 23.2. The number of imidazole rings is 1. The number of nitrogens with zero attached hydrogens (tertiary/aromatic N) is 2. The second-order valence-electron chi connectivity index (χ2n) is 11.5. The largest absolute Gasteiger partial charge is 0.292 e. The Labute approximate surface area is 253 Å². The normalized spacial score (nSPS) is 16.0. The maximum Gasteiger partial charge on any atom is 0.145 e. The molecule has 1 spiro atoms. The van der Waals surface area contributed by atoms with Gasteiger partial charge in [0.05, 0.1) is 16.4 Å². The Hall–Kier alpha value is -5.25. The highest BCUT2D eigenvalue weighted by molar-refractivity contribution is 7.22. The lowest BCUT2D eigenvalue weighted by atomic mass is 9.70. The van der Waals surface area contributed by atoms with Gasteiger partial charge in [0, 0.05) is 20.8 Å². The molecule has 10 rings (SSSR count). The highest BCUT2D eigenvalue weighted by Gasteiger charge is 2.53. The van der Waals surface area contributed by atoms with Crippen LogP contribution in [0.1, 0.15) is 22.3 Å². The molecule has 200 valence electrons. The van der Waals surface area contributed by atoms with Crippen LogP contribution >= 0.6 is 11.3 Å². The van der Waals surface area contributed by atoms with Gasteiger partial charge in [-0.15, -0.1) is 11.3 Å². The van der Waals surface area contributed by atoms with Crippen LogP contribution in [0.2, 0.25) is 0 Å². The van der Waals surface area contributed by atoms with Gasteiger partial charge in [0.1, 0.15) is 5.82 Å². The van der Waals surface area contributed by atoms with Gasteiger partial charge < -0.3 is 0 Å². The zero-order valence-corrected chi connectivity index (χ0v) is 24.0. The summed E-state index contributed by atoms with van der Waals surface area (Å²) in [6.45, 7) is 0. The maximum atomic E-state index is 5.24. The van der Waals surface area contributed by atoms with E-state index in [0.29, 0.717) is 0 Å². The SMILES string of the molecule is c1ccc(-n2c(-c3ccc4c(c3)C3(c5ccccc5-4)c4ccccc4-c4sc5ccccc5c43)nc3ccccc32)cc1. The Balaban J connectivity index is 1.33. The van der Waals surface area contributed by atoms with E-state index < -0.39 is 5.41 Å². The Kier molecular flexibility index (Phi) is 4.56. The summed E-state index contributed by atoms with van der Waals surface area (Å²) in [6.07, 6.45) is 0. The van der Waals surface area contributed by atoms with Gasteiger partial charge in [0.25, 0.3) is 0 Å². The van der Waals surface area contributed by atoms with E-state index >= 15 is 0 Å². The number of aromatic nitrogens is 2. The van der Waals surface area contributed by atoms with Gasteiger partial charge in [-0.05, 0) is 80.7 Å². The molecule has 2 heterocycles. The Morgan fingerprint density at radius 1 is 0.558 bits per heavy atom. The molecule has 0 N–H and O–H groups in total. The average Bonchev–Trinajstić information content (AvgIpc) is 3.80. The van der Waals surface area contributed by atoms with E-state index in [1.54, 1.807) is 0 Å². The monoisotopic (exact) mass is 564 g/mol. The van der Waals surface area contributed by atoms with E-state index in [4.69, 9.17) is 4.98 Å². The third kappa shape index (κ3) is 2.90. The Bertz CT molecular complexity index is 2410. The number of thiophene rings is 1. The van der Waals surface area contributed by atoms with Crippen molar-refractivity contribution in [2.24, 2.45) is 0 Å². The van der Waals surface area contributed by atoms with Crippen LogP contribution in [0.15, 0.2) is 146 Å². The molecule has 2 aliphatic rings. The molecular weight excluding hydrogens is 541 g/mol. The third-order valence-corrected chi connectivity index (χ3v) is 10.6. The van der Waals surface area contributed by atoms with Crippen LogP contribution in [0.5, 0.6) is 0 Å².